The number of aliphatic hydroxyl groups excluding tert-OH is 2. The molecular weight excluding hydrogens is 302 g/mol. The molecule has 0 unspecified atom stereocenters. The maximum absolute atomic E-state index is 11.0. The van der Waals surface area contributed by atoms with Crippen LogP contribution in [0.15, 0.2) is 30.3 Å². The van der Waals surface area contributed by atoms with Crippen LogP contribution in [0.5, 0.6) is 0 Å². The van der Waals surface area contributed by atoms with Crippen LogP contribution in [0, 0.1) is 0 Å². The summed E-state index contributed by atoms with van der Waals surface area (Å²) < 4.78 is 16.3. The van der Waals surface area contributed by atoms with Crippen molar-refractivity contribution in [3.8, 4) is 0 Å². The summed E-state index contributed by atoms with van der Waals surface area (Å²) in [4.78, 5) is 11.0. The first-order chi connectivity index (χ1) is 11.0. The molecule has 1 aliphatic rings. The highest BCUT2D eigenvalue weighted by atomic mass is 16.7. The standard InChI is InChI=1S/C16H23NO6/c1-10(18)17-8-12-13(19)15(14(20)16(21-2)23-12)22-9-11-6-4-3-5-7-11/h3-7,12-16,19-20H,8-9H2,1-2H3,(H,17,18)/t12-,13-,14-,15+,16-/m1/s1. The number of hydrogen-bond acceptors (Lipinski definition) is 6. The molecule has 7 heteroatoms. The van der Waals surface area contributed by atoms with Gasteiger partial charge in [0.25, 0.3) is 0 Å². The highest BCUT2D eigenvalue weighted by Crippen LogP contribution is 2.24. The second-order valence-electron chi connectivity index (χ2n) is 5.46. The van der Waals surface area contributed by atoms with Gasteiger partial charge in [-0.2, -0.15) is 0 Å². The van der Waals surface area contributed by atoms with Crippen molar-refractivity contribution in [3.63, 3.8) is 0 Å². The summed E-state index contributed by atoms with van der Waals surface area (Å²) >= 11 is 0. The van der Waals surface area contributed by atoms with E-state index in [0.717, 1.165) is 5.56 Å². The minimum Gasteiger partial charge on any atom is -0.388 e. The smallest absolute Gasteiger partial charge is 0.216 e. The zero-order valence-electron chi connectivity index (χ0n) is 13.2. The molecule has 23 heavy (non-hydrogen) atoms. The van der Waals surface area contributed by atoms with E-state index < -0.39 is 30.7 Å². The van der Waals surface area contributed by atoms with E-state index in [1.807, 2.05) is 30.3 Å². The van der Waals surface area contributed by atoms with Crippen LogP contribution in [0.25, 0.3) is 0 Å². The number of carbonyl (C=O) groups excluding carboxylic acids is 1. The minimum absolute atomic E-state index is 0.105. The average molecular weight is 325 g/mol. The molecule has 1 aliphatic heterocycles. The lowest BCUT2D eigenvalue weighted by Crippen LogP contribution is -2.61. The SMILES string of the molecule is CO[C@@H]1O[C@H](CNC(C)=O)[C@@H](O)[C@H](OCc2ccccc2)[C@H]1O. The molecule has 7 nitrogen and oxygen atoms in total. The van der Waals surface area contributed by atoms with Crippen LogP contribution < -0.4 is 5.32 Å². The summed E-state index contributed by atoms with van der Waals surface area (Å²) in [6.45, 7) is 1.72. The van der Waals surface area contributed by atoms with Crippen LogP contribution in [0.2, 0.25) is 0 Å². The van der Waals surface area contributed by atoms with Crippen molar-refractivity contribution in [1.82, 2.24) is 5.32 Å². The van der Waals surface area contributed by atoms with Gasteiger partial charge in [0.1, 0.15) is 24.4 Å². The van der Waals surface area contributed by atoms with E-state index in [4.69, 9.17) is 14.2 Å². The summed E-state index contributed by atoms with van der Waals surface area (Å²) in [5.41, 5.74) is 0.922. The lowest BCUT2D eigenvalue weighted by atomic mass is 9.98. The minimum atomic E-state index is -1.13. The van der Waals surface area contributed by atoms with Gasteiger partial charge < -0.3 is 29.7 Å². The Labute approximate surface area is 135 Å². The van der Waals surface area contributed by atoms with Gasteiger partial charge in [-0.15, -0.1) is 0 Å². The molecule has 0 aliphatic carbocycles. The third-order valence-corrected chi connectivity index (χ3v) is 3.71. The summed E-state index contributed by atoms with van der Waals surface area (Å²) in [6.07, 6.45) is -4.77. The van der Waals surface area contributed by atoms with Crippen LogP contribution >= 0.6 is 0 Å². The molecule has 1 heterocycles. The molecule has 1 fully saturated rings. The molecular formula is C16H23NO6. The molecule has 5 atom stereocenters. The molecule has 128 valence electrons. The van der Waals surface area contributed by atoms with Gasteiger partial charge in [-0.05, 0) is 5.56 Å². The Balaban J connectivity index is 2.02. The summed E-state index contributed by atoms with van der Waals surface area (Å²) in [5.74, 6) is -0.234. The molecule has 0 spiro atoms. The Hall–Kier alpha value is -1.51. The predicted molar refractivity (Wildman–Crippen MR) is 81.4 cm³/mol. The number of nitrogens with one attached hydrogen (secondary N) is 1. The van der Waals surface area contributed by atoms with Crippen molar-refractivity contribution in [2.75, 3.05) is 13.7 Å². The molecule has 0 bridgehead atoms. The van der Waals surface area contributed by atoms with Gasteiger partial charge in [-0.25, -0.2) is 0 Å². The highest BCUT2D eigenvalue weighted by molar-refractivity contribution is 5.72. The van der Waals surface area contributed by atoms with Gasteiger partial charge in [0.15, 0.2) is 6.29 Å². The van der Waals surface area contributed by atoms with Crippen molar-refractivity contribution in [3.05, 3.63) is 35.9 Å². The number of hydrogen-bond donors (Lipinski definition) is 3. The number of benzene rings is 1. The fourth-order valence-electron chi connectivity index (χ4n) is 2.47. The topological polar surface area (TPSA) is 97.3 Å². The van der Waals surface area contributed by atoms with Gasteiger partial charge in [0, 0.05) is 20.6 Å². The first-order valence-electron chi connectivity index (χ1n) is 7.47. The molecule has 2 rings (SSSR count). The number of amides is 1. The maximum Gasteiger partial charge on any atom is 0.216 e. The molecule has 1 saturated heterocycles. The molecule has 1 aromatic rings. The van der Waals surface area contributed by atoms with Crippen LogP contribution in [-0.2, 0) is 25.6 Å². The van der Waals surface area contributed by atoms with Crippen molar-refractivity contribution in [2.24, 2.45) is 0 Å². The molecule has 3 N–H and O–H groups in total. The number of aliphatic hydroxyl groups is 2. The third kappa shape index (κ3) is 4.73. The lowest BCUT2D eigenvalue weighted by molar-refractivity contribution is -0.297. The van der Waals surface area contributed by atoms with Crippen LogP contribution in [0.3, 0.4) is 0 Å². The van der Waals surface area contributed by atoms with E-state index in [0.29, 0.717) is 0 Å². The fraction of sp³-hybridized carbons (Fsp3) is 0.562. The maximum atomic E-state index is 11.0. The Morgan fingerprint density at radius 1 is 1.26 bits per heavy atom. The van der Waals surface area contributed by atoms with E-state index in [2.05, 4.69) is 5.32 Å². The van der Waals surface area contributed by atoms with E-state index in [1.54, 1.807) is 0 Å². The largest absolute Gasteiger partial charge is 0.388 e. The van der Waals surface area contributed by atoms with Crippen LogP contribution in [0.1, 0.15) is 12.5 Å². The van der Waals surface area contributed by atoms with E-state index >= 15 is 0 Å². The van der Waals surface area contributed by atoms with E-state index in [9.17, 15) is 15.0 Å². The van der Waals surface area contributed by atoms with Crippen molar-refractivity contribution in [1.29, 1.82) is 0 Å². The van der Waals surface area contributed by atoms with Crippen molar-refractivity contribution < 1.29 is 29.2 Å². The zero-order valence-corrected chi connectivity index (χ0v) is 13.2. The lowest BCUT2D eigenvalue weighted by Gasteiger charge is -2.41. The number of methoxy groups -OCH3 is 1. The fourth-order valence-corrected chi connectivity index (χ4v) is 2.47. The Morgan fingerprint density at radius 2 is 1.96 bits per heavy atom. The molecule has 1 amide bonds. The molecule has 0 aromatic heterocycles. The van der Waals surface area contributed by atoms with Gasteiger partial charge in [0.05, 0.1) is 6.61 Å². The van der Waals surface area contributed by atoms with Crippen molar-refractivity contribution in [2.45, 2.75) is 44.2 Å². The second kappa shape index (κ2) is 8.37. The normalized spacial score (nSPS) is 30.9. The summed E-state index contributed by atoms with van der Waals surface area (Å²) in [6, 6.07) is 9.44. The number of ether oxygens (including phenoxy) is 3. The van der Waals surface area contributed by atoms with Crippen LogP contribution in [0.4, 0.5) is 0 Å². The second-order valence-corrected chi connectivity index (χ2v) is 5.46. The van der Waals surface area contributed by atoms with E-state index in [1.165, 1.54) is 14.0 Å². The Kier molecular flexibility index (Phi) is 6.49. The third-order valence-electron chi connectivity index (χ3n) is 3.71. The Bertz CT molecular complexity index is 497. The van der Waals surface area contributed by atoms with E-state index in [-0.39, 0.29) is 19.1 Å². The predicted octanol–water partition coefficient (Wildman–Crippen LogP) is -0.199. The van der Waals surface area contributed by atoms with Gasteiger partial charge >= 0.3 is 0 Å². The summed E-state index contributed by atoms with van der Waals surface area (Å²) in [7, 11) is 1.40. The number of carbonyl (C=O) groups is 1. The Morgan fingerprint density at radius 3 is 2.57 bits per heavy atom. The first kappa shape index (κ1) is 17.8. The van der Waals surface area contributed by atoms with Gasteiger partial charge in [0.2, 0.25) is 5.91 Å². The van der Waals surface area contributed by atoms with Crippen LogP contribution in [-0.4, -0.2) is 60.5 Å². The molecule has 0 radical (unpaired) electrons. The molecule has 0 saturated carbocycles. The summed E-state index contributed by atoms with van der Waals surface area (Å²) in [5, 5.41) is 23.2. The van der Waals surface area contributed by atoms with Gasteiger partial charge in [-0.3, -0.25) is 4.79 Å². The monoisotopic (exact) mass is 325 g/mol. The first-order valence-corrected chi connectivity index (χ1v) is 7.47. The number of rotatable bonds is 6. The van der Waals surface area contributed by atoms with Crippen molar-refractivity contribution >= 4 is 5.91 Å². The quantitative estimate of drug-likeness (QED) is 0.670. The zero-order chi connectivity index (χ0) is 16.8. The van der Waals surface area contributed by atoms with Gasteiger partial charge in [-0.1, -0.05) is 30.3 Å². The molecule has 1 aromatic carbocycles. The highest BCUT2D eigenvalue weighted by Gasteiger charge is 2.45. The average Bonchev–Trinajstić information content (AvgIpc) is 2.55.